The second-order valence-corrected chi connectivity index (χ2v) is 7.31. The molecule has 31 heavy (non-hydrogen) atoms. The van der Waals surface area contributed by atoms with Crippen molar-refractivity contribution in [1.29, 1.82) is 0 Å². The van der Waals surface area contributed by atoms with E-state index in [9.17, 15) is 8.78 Å². The van der Waals surface area contributed by atoms with Crippen molar-refractivity contribution in [3.63, 3.8) is 0 Å². The van der Waals surface area contributed by atoms with Gasteiger partial charge in [-0.05, 0) is 18.6 Å². The lowest BCUT2D eigenvalue weighted by Gasteiger charge is -2.35. The Hall–Kier alpha value is -2.32. The standard InChI is InChI=1S/C23H24F2N2O3.ClH/c1-15-26-10-11-27(15)18-9-8-17(22(24)23(18)25)13-29-21-14-30-19(12-20(21)28-2)16-6-4-3-5-7-16;/h3-11,19-21H,12-14H2,1-2H3;1H. The molecule has 1 aliphatic heterocycles. The van der Waals surface area contributed by atoms with Crippen LogP contribution in [0.2, 0.25) is 0 Å². The summed E-state index contributed by atoms with van der Waals surface area (Å²) in [5.74, 6) is -1.27. The van der Waals surface area contributed by atoms with Gasteiger partial charge >= 0.3 is 0 Å². The number of hydrogen-bond acceptors (Lipinski definition) is 4. The van der Waals surface area contributed by atoms with Gasteiger partial charge in [-0.2, -0.15) is 0 Å². The number of ether oxygens (including phenoxy) is 3. The largest absolute Gasteiger partial charge is 0.379 e. The van der Waals surface area contributed by atoms with E-state index in [4.69, 9.17) is 14.2 Å². The third kappa shape index (κ3) is 4.96. The predicted molar refractivity (Wildman–Crippen MR) is 115 cm³/mol. The minimum Gasteiger partial charge on any atom is -0.379 e. The quantitative estimate of drug-likeness (QED) is 0.533. The van der Waals surface area contributed by atoms with E-state index in [2.05, 4.69) is 4.98 Å². The lowest BCUT2D eigenvalue weighted by atomic mass is 9.97. The van der Waals surface area contributed by atoms with Crippen LogP contribution in [0.5, 0.6) is 0 Å². The highest BCUT2D eigenvalue weighted by Gasteiger charge is 2.33. The van der Waals surface area contributed by atoms with Crippen LogP contribution >= 0.6 is 12.4 Å². The van der Waals surface area contributed by atoms with Crippen molar-refractivity contribution in [2.45, 2.75) is 38.3 Å². The summed E-state index contributed by atoms with van der Waals surface area (Å²) in [7, 11) is 1.62. The number of benzene rings is 2. The fraction of sp³-hybridized carbons (Fsp3) is 0.348. The van der Waals surface area contributed by atoms with Gasteiger partial charge in [0.15, 0.2) is 11.6 Å². The third-order valence-electron chi connectivity index (χ3n) is 5.48. The Morgan fingerprint density at radius 1 is 1.10 bits per heavy atom. The van der Waals surface area contributed by atoms with Crippen LogP contribution in [-0.2, 0) is 20.8 Å². The average Bonchev–Trinajstić information content (AvgIpc) is 3.21. The van der Waals surface area contributed by atoms with Crippen LogP contribution in [0.1, 0.15) is 29.5 Å². The van der Waals surface area contributed by atoms with Gasteiger partial charge in [0, 0.05) is 31.5 Å². The van der Waals surface area contributed by atoms with Gasteiger partial charge in [-0.1, -0.05) is 36.4 Å². The monoisotopic (exact) mass is 450 g/mol. The molecule has 1 saturated heterocycles. The normalized spacial score (nSPS) is 21.0. The van der Waals surface area contributed by atoms with Crippen molar-refractivity contribution in [2.24, 2.45) is 0 Å². The third-order valence-corrected chi connectivity index (χ3v) is 5.48. The van der Waals surface area contributed by atoms with Crippen molar-refractivity contribution in [1.82, 2.24) is 9.55 Å². The Morgan fingerprint density at radius 2 is 1.87 bits per heavy atom. The zero-order valence-electron chi connectivity index (χ0n) is 17.3. The highest BCUT2D eigenvalue weighted by molar-refractivity contribution is 5.85. The minimum absolute atomic E-state index is 0. The maximum Gasteiger partial charge on any atom is 0.183 e. The molecule has 4 rings (SSSR count). The Balaban J connectivity index is 0.00000272. The minimum atomic E-state index is -0.926. The Bertz CT molecular complexity index is 1000. The van der Waals surface area contributed by atoms with Crippen molar-refractivity contribution >= 4 is 12.4 Å². The number of halogens is 3. The molecule has 0 amide bonds. The fourth-order valence-electron chi connectivity index (χ4n) is 3.76. The van der Waals surface area contributed by atoms with Gasteiger partial charge in [0.25, 0.3) is 0 Å². The maximum absolute atomic E-state index is 14.7. The summed E-state index contributed by atoms with van der Waals surface area (Å²) in [5.41, 5.74) is 1.35. The molecule has 5 nitrogen and oxygen atoms in total. The zero-order chi connectivity index (χ0) is 21.1. The first-order valence-electron chi connectivity index (χ1n) is 9.86. The number of rotatable bonds is 6. The molecule has 1 fully saturated rings. The van der Waals surface area contributed by atoms with E-state index in [-0.39, 0.29) is 48.6 Å². The first-order chi connectivity index (χ1) is 14.6. The summed E-state index contributed by atoms with van der Waals surface area (Å²) in [5, 5.41) is 0. The number of nitrogens with zero attached hydrogens (tertiary/aromatic N) is 2. The van der Waals surface area contributed by atoms with E-state index in [1.807, 2.05) is 30.3 Å². The number of aromatic nitrogens is 2. The number of methoxy groups -OCH3 is 1. The highest BCUT2D eigenvalue weighted by Crippen LogP contribution is 2.31. The van der Waals surface area contributed by atoms with Crippen molar-refractivity contribution in [3.05, 3.63) is 83.4 Å². The van der Waals surface area contributed by atoms with Gasteiger partial charge < -0.3 is 18.8 Å². The lowest BCUT2D eigenvalue weighted by molar-refractivity contribution is -0.160. The summed E-state index contributed by atoms with van der Waals surface area (Å²) < 4.78 is 48.2. The molecule has 0 N–H and O–H groups in total. The van der Waals surface area contributed by atoms with Crippen molar-refractivity contribution in [3.8, 4) is 5.69 Å². The second kappa shape index (κ2) is 10.3. The Kier molecular flexibility index (Phi) is 7.78. The van der Waals surface area contributed by atoms with Crippen LogP contribution in [0.25, 0.3) is 5.69 Å². The SMILES string of the molecule is COC1CC(c2ccccc2)OCC1OCc1ccc(-n2ccnc2C)c(F)c1F.Cl. The maximum atomic E-state index is 14.7. The van der Waals surface area contributed by atoms with Crippen LogP contribution < -0.4 is 0 Å². The molecule has 0 spiro atoms. The zero-order valence-corrected chi connectivity index (χ0v) is 18.1. The molecule has 3 unspecified atom stereocenters. The van der Waals surface area contributed by atoms with E-state index >= 15 is 0 Å². The van der Waals surface area contributed by atoms with Gasteiger partial charge in [0.05, 0.1) is 31.1 Å². The number of aryl methyl sites for hydroxylation is 1. The number of hydrogen-bond donors (Lipinski definition) is 0. The molecular weight excluding hydrogens is 426 g/mol. The van der Waals surface area contributed by atoms with Gasteiger partial charge in [-0.3, -0.25) is 0 Å². The summed E-state index contributed by atoms with van der Waals surface area (Å²) in [4.78, 5) is 4.05. The number of imidazole rings is 1. The van der Waals surface area contributed by atoms with E-state index < -0.39 is 11.6 Å². The van der Waals surface area contributed by atoms with Crippen molar-refractivity contribution < 1.29 is 23.0 Å². The molecular formula is C23H25ClF2N2O3. The second-order valence-electron chi connectivity index (χ2n) is 7.31. The molecule has 1 aromatic heterocycles. The molecule has 2 heterocycles. The Labute approximate surface area is 186 Å². The molecule has 0 aliphatic carbocycles. The first-order valence-corrected chi connectivity index (χ1v) is 9.86. The molecule has 0 bridgehead atoms. The molecule has 1 aliphatic rings. The van der Waals surface area contributed by atoms with Crippen molar-refractivity contribution in [2.75, 3.05) is 13.7 Å². The van der Waals surface area contributed by atoms with Gasteiger partial charge in [-0.25, -0.2) is 13.8 Å². The van der Waals surface area contributed by atoms with Crippen LogP contribution in [0.3, 0.4) is 0 Å². The Morgan fingerprint density at radius 3 is 2.55 bits per heavy atom. The smallest absolute Gasteiger partial charge is 0.183 e. The summed E-state index contributed by atoms with van der Waals surface area (Å²) in [6.45, 7) is 1.97. The molecule has 3 atom stereocenters. The summed E-state index contributed by atoms with van der Waals surface area (Å²) in [6, 6.07) is 13.0. The predicted octanol–water partition coefficient (Wildman–Crippen LogP) is 4.94. The van der Waals surface area contributed by atoms with Crippen LogP contribution in [0.15, 0.2) is 54.9 Å². The molecule has 166 valence electrons. The van der Waals surface area contributed by atoms with E-state index in [0.29, 0.717) is 18.9 Å². The molecule has 3 aromatic rings. The van der Waals surface area contributed by atoms with Gasteiger partial charge in [-0.15, -0.1) is 12.4 Å². The topological polar surface area (TPSA) is 45.5 Å². The van der Waals surface area contributed by atoms with E-state index in [1.54, 1.807) is 26.4 Å². The van der Waals surface area contributed by atoms with Crippen LogP contribution in [-0.4, -0.2) is 35.5 Å². The molecule has 2 aromatic carbocycles. The highest BCUT2D eigenvalue weighted by atomic mass is 35.5. The molecule has 8 heteroatoms. The molecule has 0 saturated carbocycles. The lowest BCUT2D eigenvalue weighted by Crippen LogP contribution is -2.41. The molecule has 0 radical (unpaired) electrons. The first kappa shape index (κ1) is 23.3. The van der Waals surface area contributed by atoms with Gasteiger partial charge in [0.1, 0.15) is 11.9 Å². The summed E-state index contributed by atoms with van der Waals surface area (Å²) >= 11 is 0. The average molecular weight is 451 g/mol. The fourth-order valence-corrected chi connectivity index (χ4v) is 3.76. The van der Waals surface area contributed by atoms with Crippen LogP contribution in [0.4, 0.5) is 8.78 Å². The van der Waals surface area contributed by atoms with E-state index in [1.165, 1.54) is 16.7 Å². The summed E-state index contributed by atoms with van der Waals surface area (Å²) in [6.07, 6.45) is 3.11. The van der Waals surface area contributed by atoms with Crippen LogP contribution in [0, 0.1) is 18.6 Å². The van der Waals surface area contributed by atoms with Gasteiger partial charge in [0.2, 0.25) is 0 Å². The van der Waals surface area contributed by atoms with E-state index in [0.717, 1.165) is 5.56 Å².